The lowest BCUT2D eigenvalue weighted by Crippen LogP contribution is -2.42. The molecule has 0 saturated carbocycles. The van der Waals surface area contributed by atoms with E-state index in [-0.39, 0.29) is 6.04 Å². The van der Waals surface area contributed by atoms with E-state index in [9.17, 15) is 4.79 Å². The molecule has 0 spiro atoms. The zero-order valence-electron chi connectivity index (χ0n) is 8.66. The lowest BCUT2D eigenvalue weighted by molar-refractivity contribution is -0.143. The maximum absolute atomic E-state index is 10.9. The molecule has 0 aromatic heterocycles. The van der Waals surface area contributed by atoms with Crippen molar-refractivity contribution in [1.29, 1.82) is 0 Å². The van der Waals surface area contributed by atoms with Gasteiger partial charge in [0, 0.05) is 12.6 Å². The Morgan fingerprint density at radius 3 is 2.54 bits per heavy atom. The number of nitrogens with zero attached hydrogens (tertiary/aromatic N) is 1. The van der Waals surface area contributed by atoms with Crippen LogP contribution in [0.25, 0.3) is 0 Å². The quantitative estimate of drug-likeness (QED) is 0.725. The highest BCUT2D eigenvalue weighted by Gasteiger charge is 2.34. The summed E-state index contributed by atoms with van der Waals surface area (Å²) in [6.07, 6.45) is 1.83. The van der Waals surface area contributed by atoms with Crippen molar-refractivity contribution in [3.05, 3.63) is 0 Å². The topological polar surface area (TPSA) is 40.5 Å². The van der Waals surface area contributed by atoms with Crippen LogP contribution in [0, 0.1) is 5.92 Å². The summed E-state index contributed by atoms with van der Waals surface area (Å²) in [5.41, 5.74) is 0. The average Bonchev–Trinajstić information content (AvgIpc) is 2.31. The number of carboxylic acid groups (broad SMARTS) is 1. The van der Waals surface area contributed by atoms with Gasteiger partial charge in [0.25, 0.3) is 0 Å². The van der Waals surface area contributed by atoms with Crippen LogP contribution in [0.4, 0.5) is 0 Å². The van der Waals surface area contributed by atoms with Crippen LogP contribution < -0.4 is 0 Å². The van der Waals surface area contributed by atoms with Gasteiger partial charge in [-0.15, -0.1) is 0 Å². The summed E-state index contributed by atoms with van der Waals surface area (Å²) in [5, 5.41) is 9.00. The lowest BCUT2D eigenvalue weighted by atomic mass is 10.1. The fourth-order valence-electron chi connectivity index (χ4n) is 2.32. The molecule has 3 heteroatoms. The largest absolute Gasteiger partial charge is 0.480 e. The van der Waals surface area contributed by atoms with E-state index in [1.807, 2.05) is 6.92 Å². The summed E-state index contributed by atoms with van der Waals surface area (Å²) in [5.74, 6) is -0.0353. The molecule has 0 bridgehead atoms. The molecule has 0 aliphatic carbocycles. The Morgan fingerprint density at radius 1 is 1.62 bits per heavy atom. The molecule has 3 atom stereocenters. The van der Waals surface area contributed by atoms with E-state index in [1.54, 1.807) is 0 Å². The van der Waals surface area contributed by atoms with Crippen molar-refractivity contribution in [1.82, 2.24) is 4.90 Å². The number of carbonyl (C=O) groups is 1. The van der Waals surface area contributed by atoms with Crippen molar-refractivity contribution in [2.75, 3.05) is 6.54 Å². The third-order valence-corrected chi connectivity index (χ3v) is 2.90. The third-order valence-electron chi connectivity index (χ3n) is 2.90. The van der Waals surface area contributed by atoms with Gasteiger partial charge in [-0.2, -0.15) is 0 Å². The van der Waals surface area contributed by atoms with Crippen molar-refractivity contribution >= 4 is 5.97 Å². The second kappa shape index (κ2) is 4.09. The highest BCUT2D eigenvalue weighted by molar-refractivity contribution is 5.73. The highest BCUT2D eigenvalue weighted by Crippen LogP contribution is 2.25. The molecule has 1 fully saturated rings. The molecule has 0 aromatic carbocycles. The summed E-state index contributed by atoms with van der Waals surface area (Å²) >= 11 is 0. The number of likely N-dealkylation sites (tertiary alicyclic amines) is 1. The first kappa shape index (κ1) is 10.5. The molecule has 1 N–H and O–H groups in total. The Balaban J connectivity index is 2.64. The summed E-state index contributed by atoms with van der Waals surface area (Å²) in [6, 6.07) is 0.149. The second-order valence-electron chi connectivity index (χ2n) is 4.15. The van der Waals surface area contributed by atoms with Gasteiger partial charge in [-0.3, -0.25) is 9.69 Å². The summed E-state index contributed by atoms with van der Waals surface area (Å²) < 4.78 is 0. The van der Waals surface area contributed by atoms with Gasteiger partial charge in [-0.1, -0.05) is 13.8 Å². The van der Waals surface area contributed by atoms with Gasteiger partial charge in [-0.05, 0) is 25.7 Å². The van der Waals surface area contributed by atoms with Crippen LogP contribution in [0.3, 0.4) is 0 Å². The Hall–Kier alpha value is -0.570. The number of rotatable bonds is 3. The first-order valence-corrected chi connectivity index (χ1v) is 5.04. The molecule has 1 rings (SSSR count). The first-order valence-electron chi connectivity index (χ1n) is 5.04. The van der Waals surface area contributed by atoms with E-state index in [2.05, 4.69) is 18.7 Å². The number of hydrogen-bond donors (Lipinski definition) is 1. The van der Waals surface area contributed by atoms with E-state index in [1.165, 1.54) is 0 Å². The molecule has 1 aliphatic rings. The zero-order chi connectivity index (χ0) is 10.0. The maximum Gasteiger partial charge on any atom is 0.320 e. The van der Waals surface area contributed by atoms with Gasteiger partial charge >= 0.3 is 5.97 Å². The fourth-order valence-corrected chi connectivity index (χ4v) is 2.32. The number of hydrogen-bond acceptors (Lipinski definition) is 2. The summed E-state index contributed by atoms with van der Waals surface area (Å²) in [4.78, 5) is 13.0. The molecule has 76 valence electrons. The van der Waals surface area contributed by atoms with Crippen LogP contribution in [0.1, 0.15) is 33.6 Å². The SMILES string of the molecule is CCC(C(=O)O)N1CC(C)CC1C. The third kappa shape index (κ3) is 2.21. The van der Waals surface area contributed by atoms with Gasteiger partial charge < -0.3 is 5.11 Å². The van der Waals surface area contributed by atoms with Crippen LogP contribution >= 0.6 is 0 Å². The second-order valence-corrected chi connectivity index (χ2v) is 4.15. The highest BCUT2D eigenvalue weighted by atomic mass is 16.4. The van der Waals surface area contributed by atoms with Crippen LogP contribution in [-0.4, -0.2) is 34.6 Å². The zero-order valence-corrected chi connectivity index (χ0v) is 8.66. The Kier molecular flexibility index (Phi) is 3.31. The fraction of sp³-hybridized carbons (Fsp3) is 0.900. The van der Waals surface area contributed by atoms with Crippen LogP contribution in [0.2, 0.25) is 0 Å². The predicted molar refractivity (Wildman–Crippen MR) is 51.7 cm³/mol. The molecule has 1 saturated heterocycles. The van der Waals surface area contributed by atoms with Gasteiger partial charge in [0.05, 0.1) is 0 Å². The Labute approximate surface area is 79.7 Å². The molecule has 0 amide bonds. The Bertz CT molecular complexity index is 193. The molecular formula is C10H19NO2. The lowest BCUT2D eigenvalue weighted by Gasteiger charge is -2.27. The van der Waals surface area contributed by atoms with Crippen LogP contribution in [0.5, 0.6) is 0 Å². The van der Waals surface area contributed by atoms with E-state index in [0.717, 1.165) is 13.0 Å². The van der Waals surface area contributed by atoms with Gasteiger partial charge in [0.2, 0.25) is 0 Å². The van der Waals surface area contributed by atoms with Gasteiger partial charge in [0.15, 0.2) is 0 Å². The minimum Gasteiger partial charge on any atom is -0.480 e. The molecule has 3 unspecified atom stereocenters. The van der Waals surface area contributed by atoms with E-state index in [0.29, 0.717) is 18.4 Å². The smallest absolute Gasteiger partial charge is 0.320 e. The number of aliphatic carboxylic acids is 1. The number of carboxylic acids is 1. The molecule has 1 aliphatic heterocycles. The molecule has 0 aromatic rings. The molecule has 13 heavy (non-hydrogen) atoms. The summed E-state index contributed by atoms with van der Waals surface area (Å²) in [7, 11) is 0. The molecule has 1 heterocycles. The maximum atomic E-state index is 10.9. The Morgan fingerprint density at radius 2 is 2.23 bits per heavy atom. The van der Waals surface area contributed by atoms with Crippen LogP contribution in [0.15, 0.2) is 0 Å². The normalized spacial score (nSPS) is 31.9. The first-order chi connectivity index (χ1) is 6.06. The minimum absolute atomic E-state index is 0.278. The molecule has 3 nitrogen and oxygen atoms in total. The van der Waals surface area contributed by atoms with E-state index >= 15 is 0 Å². The van der Waals surface area contributed by atoms with Gasteiger partial charge in [0.1, 0.15) is 6.04 Å². The summed E-state index contributed by atoms with van der Waals surface area (Å²) in [6.45, 7) is 7.18. The van der Waals surface area contributed by atoms with E-state index < -0.39 is 5.97 Å². The standard InChI is InChI=1S/C10H19NO2/c1-4-9(10(12)13)11-6-7(2)5-8(11)3/h7-9H,4-6H2,1-3H3,(H,12,13). The van der Waals surface area contributed by atoms with E-state index in [4.69, 9.17) is 5.11 Å². The monoisotopic (exact) mass is 185 g/mol. The van der Waals surface area contributed by atoms with Crippen molar-refractivity contribution in [2.45, 2.75) is 45.7 Å². The average molecular weight is 185 g/mol. The van der Waals surface area contributed by atoms with Gasteiger partial charge in [-0.25, -0.2) is 0 Å². The molecular weight excluding hydrogens is 166 g/mol. The van der Waals surface area contributed by atoms with Crippen molar-refractivity contribution in [2.24, 2.45) is 5.92 Å². The minimum atomic E-state index is -0.677. The van der Waals surface area contributed by atoms with Crippen LogP contribution in [-0.2, 0) is 4.79 Å². The molecule has 0 radical (unpaired) electrons. The van der Waals surface area contributed by atoms with Crippen molar-refractivity contribution < 1.29 is 9.90 Å². The van der Waals surface area contributed by atoms with Crippen molar-refractivity contribution in [3.8, 4) is 0 Å². The van der Waals surface area contributed by atoms with Crippen molar-refractivity contribution in [3.63, 3.8) is 0 Å². The predicted octanol–water partition coefficient (Wildman–Crippen LogP) is 1.58.